The number of thiazole rings is 1. The number of fused-ring (bicyclic) bond motifs is 1. The van der Waals surface area contributed by atoms with Crippen LogP contribution in [0.25, 0.3) is 10.2 Å². The number of aromatic nitrogens is 1. The Morgan fingerprint density at radius 3 is 2.67 bits per heavy atom. The zero-order valence-corrected chi connectivity index (χ0v) is 13.6. The van der Waals surface area contributed by atoms with E-state index in [-0.39, 0.29) is 0 Å². The van der Waals surface area contributed by atoms with Crippen LogP contribution in [0.4, 0.5) is 0 Å². The summed E-state index contributed by atoms with van der Waals surface area (Å²) in [5, 5.41) is 1.24. The van der Waals surface area contributed by atoms with E-state index in [4.69, 9.17) is 0 Å². The molecular formula is C15H20BrNS. The van der Waals surface area contributed by atoms with Gasteiger partial charge in [0.1, 0.15) is 0 Å². The standard InChI is InChI=1S/C15H20BrNS/c1-15(2,3)9-8-11(16)10-14-17-12-6-4-5-7-13(12)18-14/h4-7,11H,8-10H2,1-3H3. The zero-order valence-electron chi connectivity index (χ0n) is 11.2. The first-order valence-electron chi connectivity index (χ1n) is 6.42. The van der Waals surface area contributed by atoms with E-state index in [0.29, 0.717) is 10.2 Å². The lowest BCUT2D eigenvalue weighted by molar-refractivity contribution is 0.364. The fraction of sp³-hybridized carbons (Fsp3) is 0.533. The van der Waals surface area contributed by atoms with Gasteiger partial charge < -0.3 is 0 Å². The van der Waals surface area contributed by atoms with Crippen molar-refractivity contribution in [2.24, 2.45) is 5.41 Å². The highest BCUT2D eigenvalue weighted by Gasteiger charge is 2.15. The van der Waals surface area contributed by atoms with Crippen LogP contribution < -0.4 is 0 Å². The third-order valence-electron chi connectivity index (χ3n) is 2.94. The monoisotopic (exact) mass is 325 g/mol. The Kier molecular flexibility index (Phi) is 4.44. The molecule has 0 aliphatic rings. The zero-order chi connectivity index (χ0) is 13.2. The van der Waals surface area contributed by atoms with E-state index in [9.17, 15) is 0 Å². The Morgan fingerprint density at radius 2 is 2.00 bits per heavy atom. The SMILES string of the molecule is CC(C)(C)CCC(Br)Cc1nc2ccccc2s1. The topological polar surface area (TPSA) is 12.9 Å². The predicted octanol–water partition coefficient (Wildman–Crippen LogP) is 5.43. The largest absolute Gasteiger partial charge is 0.241 e. The Labute approximate surface area is 122 Å². The molecule has 0 spiro atoms. The van der Waals surface area contributed by atoms with Crippen molar-refractivity contribution in [2.75, 3.05) is 0 Å². The highest BCUT2D eigenvalue weighted by Crippen LogP contribution is 2.28. The lowest BCUT2D eigenvalue weighted by atomic mass is 9.89. The Balaban J connectivity index is 1.96. The molecule has 98 valence electrons. The van der Waals surface area contributed by atoms with Crippen molar-refractivity contribution < 1.29 is 0 Å². The van der Waals surface area contributed by atoms with E-state index in [0.717, 1.165) is 11.9 Å². The van der Waals surface area contributed by atoms with Crippen LogP contribution in [0, 0.1) is 5.41 Å². The molecule has 0 amide bonds. The molecule has 1 aromatic carbocycles. The van der Waals surface area contributed by atoms with Gasteiger partial charge in [-0.25, -0.2) is 4.98 Å². The minimum Gasteiger partial charge on any atom is -0.241 e. The Hall–Kier alpha value is -0.410. The summed E-state index contributed by atoms with van der Waals surface area (Å²) in [5.74, 6) is 0. The number of nitrogens with zero attached hydrogens (tertiary/aromatic N) is 1. The van der Waals surface area contributed by atoms with Gasteiger partial charge in [0.15, 0.2) is 0 Å². The average molecular weight is 326 g/mol. The lowest BCUT2D eigenvalue weighted by Gasteiger charge is -2.19. The summed E-state index contributed by atoms with van der Waals surface area (Å²) in [6.45, 7) is 6.89. The van der Waals surface area contributed by atoms with Crippen molar-refractivity contribution in [3.8, 4) is 0 Å². The molecular weight excluding hydrogens is 306 g/mol. The molecule has 1 unspecified atom stereocenters. The highest BCUT2D eigenvalue weighted by atomic mass is 79.9. The Bertz CT molecular complexity index is 479. The van der Waals surface area contributed by atoms with E-state index in [1.807, 2.05) is 11.3 Å². The van der Waals surface area contributed by atoms with Crippen LogP contribution in [0.2, 0.25) is 0 Å². The maximum Gasteiger partial charge on any atom is 0.0949 e. The van der Waals surface area contributed by atoms with Gasteiger partial charge in [0.05, 0.1) is 15.2 Å². The number of hydrogen-bond acceptors (Lipinski definition) is 2. The maximum absolute atomic E-state index is 4.69. The van der Waals surface area contributed by atoms with Crippen molar-refractivity contribution in [3.63, 3.8) is 0 Å². The smallest absolute Gasteiger partial charge is 0.0949 e. The molecule has 1 aromatic heterocycles. The van der Waals surface area contributed by atoms with Gasteiger partial charge >= 0.3 is 0 Å². The number of para-hydroxylation sites is 1. The fourth-order valence-electron chi connectivity index (χ4n) is 1.89. The molecule has 0 radical (unpaired) electrons. The number of halogens is 1. The van der Waals surface area contributed by atoms with Gasteiger partial charge in [0, 0.05) is 11.2 Å². The van der Waals surface area contributed by atoms with Crippen molar-refractivity contribution in [2.45, 2.75) is 44.9 Å². The predicted molar refractivity (Wildman–Crippen MR) is 84.7 cm³/mol. The normalized spacial score (nSPS) is 14.0. The number of hydrogen-bond donors (Lipinski definition) is 0. The highest BCUT2D eigenvalue weighted by molar-refractivity contribution is 9.09. The second-order valence-corrected chi connectivity index (χ2v) is 8.39. The van der Waals surface area contributed by atoms with Crippen molar-refractivity contribution in [3.05, 3.63) is 29.3 Å². The molecule has 1 heterocycles. The summed E-state index contributed by atoms with van der Waals surface area (Å²) in [6.07, 6.45) is 3.49. The van der Waals surface area contributed by atoms with Crippen LogP contribution in [-0.4, -0.2) is 9.81 Å². The van der Waals surface area contributed by atoms with Crippen molar-refractivity contribution in [1.82, 2.24) is 4.98 Å². The van der Waals surface area contributed by atoms with E-state index >= 15 is 0 Å². The van der Waals surface area contributed by atoms with Crippen LogP contribution in [0.15, 0.2) is 24.3 Å². The fourth-order valence-corrected chi connectivity index (χ4v) is 3.69. The van der Waals surface area contributed by atoms with Crippen molar-refractivity contribution in [1.29, 1.82) is 0 Å². The third kappa shape index (κ3) is 4.06. The van der Waals surface area contributed by atoms with Gasteiger partial charge in [-0.3, -0.25) is 0 Å². The molecule has 0 saturated carbocycles. The summed E-state index contributed by atoms with van der Waals surface area (Å²) >= 11 is 5.61. The molecule has 18 heavy (non-hydrogen) atoms. The van der Waals surface area contributed by atoms with Crippen LogP contribution in [-0.2, 0) is 6.42 Å². The van der Waals surface area contributed by atoms with Crippen LogP contribution in [0.3, 0.4) is 0 Å². The molecule has 0 aliphatic carbocycles. The van der Waals surface area contributed by atoms with Crippen LogP contribution in [0.1, 0.15) is 38.6 Å². The maximum atomic E-state index is 4.69. The number of rotatable bonds is 4. The first kappa shape index (κ1) is 14.0. The third-order valence-corrected chi connectivity index (χ3v) is 4.78. The van der Waals surface area contributed by atoms with Gasteiger partial charge in [0.2, 0.25) is 0 Å². The summed E-state index contributed by atoms with van der Waals surface area (Å²) < 4.78 is 1.29. The first-order chi connectivity index (χ1) is 8.44. The minimum absolute atomic E-state index is 0.416. The van der Waals surface area contributed by atoms with Gasteiger partial charge in [-0.2, -0.15) is 0 Å². The lowest BCUT2D eigenvalue weighted by Crippen LogP contribution is -2.10. The molecule has 0 aliphatic heterocycles. The molecule has 0 fully saturated rings. The molecule has 3 heteroatoms. The van der Waals surface area contributed by atoms with E-state index in [2.05, 4.69) is 66.0 Å². The second-order valence-electron chi connectivity index (χ2n) is 5.98. The van der Waals surface area contributed by atoms with E-state index in [1.165, 1.54) is 22.5 Å². The summed E-state index contributed by atoms with van der Waals surface area (Å²) in [5.41, 5.74) is 1.55. The summed E-state index contributed by atoms with van der Waals surface area (Å²) in [4.78, 5) is 5.22. The second kappa shape index (κ2) is 5.70. The average Bonchev–Trinajstić information content (AvgIpc) is 2.67. The van der Waals surface area contributed by atoms with Crippen LogP contribution >= 0.6 is 27.3 Å². The molecule has 1 nitrogen and oxygen atoms in total. The van der Waals surface area contributed by atoms with Gasteiger partial charge in [-0.1, -0.05) is 48.8 Å². The summed E-state index contributed by atoms with van der Waals surface area (Å²) in [7, 11) is 0. The van der Waals surface area contributed by atoms with Gasteiger partial charge in [0.25, 0.3) is 0 Å². The Morgan fingerprint density at radius 1 is 1.28 bits per heavy atom. The summed E-state index contributed by atoms with van der Waals surface area (Å²) in [6, 6.07) is 8.37. The molecule has 0 saturated heterocycles. The van der Waals surface area contributed by atoms with Gasteiger partial charge in [-0.05, 0) is 30.4 Å². The molecule has 1 atom stereocenters. The molecule has 0 N–H and O–H groups in total. The van der Waals surface area contributed by atoms with Crippen molar-refractivity contribution >= 4 is 37.5 Å². The quantitative estimate of drug-likeness (QED) is 0.683. The molecule has 0 bridgehead atoms. The first-order valence-corrected chi connectivity index (χ1v) is 8.16. The van der Waals surface area contributed by atoms with E-state index in [1.54, 1.807) is 0 Å². The number of alkyl halides is 1. The van der Waals surface area contributed by atoms with E-state index < -0.39 is 0 Å². The van der Waals surface area contributed by atoms with Gasteiger partial charge in [-0.15, -0.1) is 11.3 Å². The number of benzene rings is 1. The molecule has 2 rings (SSSR count). The minimum atomic E-state index is 0.416. The van der Waals surface area contributed by atoms with Crippen LogP contribution in [0.5, 0.6) is 0 Å². The molecule has 2 aromatic rings.